The van der Waals surface area contributed by atoms with Gasteiger partial charge in [0.25, 0.3) is 0 Å². The van der Waals surface area contributed by atoms with Crippen molar-refractivity contribution >= 4 is 95.6 Å². The zero-order chi connectivity index (χ0) is 15.0. The zero-order valence-corrected chi connectivity index (χ0v) is 20.8. The minimum atomic E-state index is 0.196. The highest BCUT2D eigenvalue weighted by Gasteiger charge is 2.39. The Kier molecular flexibility index (Phi) is 7.53. The molecule has 0 radical (unpaired) electrons. The van der Waals surface area contributed by atoms with Crippen LogP contribution in [0, 0.1) is 11.8 Å². The predicted molar refractivity (Wildman–Crippen MR) is 111 cm³/mol. The van der Waals surface area contributed by atoms with E-state index in [4.69, 9.17) is 0 Å². The molecule has 0 bridgehead atoms. The number of rotatable bonds is 3. The SMILES string of the molecule is BrC(C1CCC(Br)(Br)CC1)C(Br)C1CCC(Br)(Br)CC1. The Morgan fingerprint density at radius 3 is 1.10 bits per heavy atom. The van der Waals surface area contributed by atoms with E-state index in [2.05, 4.69) is 95.6 Å². The van der Waals surface area contributed by atoms with Crippen molar-refractivity contribution in [3.8, 4) is 0 Å². The lowest BCUT2D eigenvalue weighted by atomic mass is 9.80. The van der Waals surface area contributed by atoms with Crippen LogP contribution in [0.15, 0.2) is 0 Å². The van der Waals surface area contributed by atoms with Crippen molar-refractivity contribution < 1.29 is 0 Å². The second-order valence-corrected chi connectivity index (χ2v) is 16.6. The Morgan fingerprint density at radius 2 is 0.850 bits per heavy atom. The molecule has 2 saturated carbocycles. The lowest BCUT2D eigenvalue weighted by Gasteiger charge is -2.40. The molecule has 2 atom stereocenters. The summed E-state index contributed by atoms with van der Waals surface area (Å²) < 4.78 is 0.392. The first-order valence-electron chi connectivity index (χ1n) is 7.24. The molecule has 0 nitrogen and oxygen atoms in total. The maximum absolute atomic E-state index is 4.01. The Morgan fingerprint density at radius 1 is 0.600 bits per heavy atom. The van der Waals surface area contributed by atoms with E-state index in [0.717, 1.165) is 11.8 Å². The molecule has 0 amide bonds. The van der Waals surface area contributed by atoms with Crippen LogP contribution in [0.4, 0.5) is 0 Å². The number of halogens is 6. The van der Waals surface area contributed by atoms with Crippen molar-refractivity contribution in [2.24, 2.45) is 11.8 Å². The summed E-state index contributed by atoms with van der Waals surface area (Å²) in [6.45, 7) is 0. The van der Waals surface area contributed by atoms with Crippen molar-refractivity contribution in [1.29, 1.82) is 0 Å². The fraction of sp³-hybridized carbons (Fsp3) is 1.00. The molecule has 2 unspecified atom stereocenters. The van der Waals surface area contributed by atoms with Crippen LogP contribution in [0.2, 0.25) is 0 Å². The van der Waals surface area contributed by atoms with Gasteiger partial charge in [0.2, 0.25) is 0 Å². The molecule has 0 aliphatic heterocycles. The lowest BCUT2D eigenvalue weighted by molar-refractivity contribution is 0.294. The van der Waals surface area contributed by atoms with Crippen LogP contribution in [-0.4, -0.2) is 16.1 Å². The van der Waals surface area contributed by atoms with Gasteiger partial charge in [0, 0.05) is 9.65 Å². The minimum Gasteiger partial charge on any atom is -0.0875 e. The quantitative estimate of drug-likeness (QED) is 0.269. The molecule has 2 aliphatic carbocycles. The molecule has 0 N–H and O–H groups in total. The largest absolute Gasteiger partial charge is 0.0875 e. The molecule has 20 heavy (non-hydrogen) atoms. The van der Waals surface area contributed by atoms with Crippen LogP contribution in [-0.2, 0) is 0 Å². The van der Waals surface area contributed by atoms with Crippen LogP contribution in [0.1, 0.15) is 51.4 Å². The van der Waals surface area contributed by atoms with Crippen LogP contribution >= 0.6 is 95.6 Å². The Balaban J connectivity index is 1.85. The van der Waals surface area contributed by atoms with Crippen molar-refractivity contribution in [3.05, 3.63) is 0 Å². The second-order valence-electron chi connectivity index (χ2n) is 6.28. The van der Waals surface area contributed by atoms with Crippen LogP contribution in [0.5, 0.6) is 0 Å². The molecule has 0 aromatic heterocycles. The summed E-state index contributed by atoms with van der Waals surface area (Å²) >= 11 is 23.1. The highest BCUT2D eigenvalue weighted by molar-refractivity contribution is 9.25. The standard InChI is InChI=1S/C14H20Br6/c15-11(9-1-5-13(17,18)6-2-9)12(16)10-3-7-14(19,20)8-4-10/h9-12H,1-8H2. The summed E-state index contributed by atoms with van der Waals surface area (Å²) in [6, 6.07) is 0. The molecular weight excluding hydrogens is 648 g/mol. The van der Waals surface area contributed by atoms with Crippen molar-refractivity contribution in [3.63, 3.8) is 0 Å². The molecule has 2 fully saturated rings. The van der Waals surface area contributed by atoms with Crippen LogP contribution in [0.25, 0.3) is 0 Å². The highest BCUT2D eigenvalue weighted by atomic mass is 79.9. The summed E-state index contributed by atoms with van der Waals surface area (Å²) in [5, 5.41) is 0. The van der Waals surface area contributed by atoms with Gasteiger partial charge < -0.3 is 0 Å². The van der Waals surface area contributed by atoms with Gasteiger partial charge in [0.1, 0.15) is 0 Å². The first-order chi connectivity index (χ1) is 9.20. The average molecular weight is 668 g/mol. The Bertz CT molecular complexity index is 278. The van der Waals surface area contributed by atoms with Gasteiger partial charge in [-0.15, -0.1) is 0 Å². The molecule has 2 aliphatic rings. The Labute approximate surface area is 173 Å². The van der Waals surface area contributed by atoms with Crippen molar-refractivity contribution in [2.75, 3.05) is 0 Å². The number of hydrogen-bond donors (Lipinski definition) is 0. The van der Waals surface area contributed by atoms with Gasteiger partial charge in [0.05, 0.1) is 6.47 Å². The van der Waals surface area contributed by atoms with E-state index in [1.165, 1.54) is 51.4 Å². The predicted octanol–water partition coefficient (Wildman–Crippen LogP) is 7.87. The summed E-state index contributed by atoms with van der Waals surface area (Å²) in [4.78, 5) is 1.20. The highest BCUT2D eigenvalue weighted by Crippen LogP contribution is 2.49. The van der Waals surface area contributed by atoms with Gasteiger partial charge in [-0.2, -0.15) is 0 Å². The monoisotopic (exact) mass is 662 g/mol. The van der Waals surface area contributed by atoms with Crippen molar-refractivity contribution in [2.45, 2.75) is 67.5 Å². The van der Waals surface area contributed by atoms with Crippen LogP contribution < -0.4 is 0 Å². The maximum Gasteiger partial charge on any atom is 0.0805 e. The average Bonchev–Trinajstić information content (AvgIpc) is 2.37. The summed E-state index contributed by atoms with van der Waals surface area (Å²) in [6.07, 6.45) is 10.0. The van der Waals surface area contributed by atoms with E-state index in [9.17, 15) is 0 Å². The zero-order valence-electron chi connectivity index (χ0n) is 11.2. The number of alkyl halides is 6. The van der Waals surface area contributed by atoms with E-state index in [1.54, 1.807) is 0 Å². The van der Waals surface area contributed by atoms with E-state index in [0.29, 0.717) is 9.65 Å². The molecule has 0 aromatic carbocycles. The van der Waals surface area contributed by atoms with Gasteiger partial charge in [-0.05, 0) is 63.2 Å². The third-order valence-corrected chi connectivity index (χ3v) is 11.2. The van der Waals surface area contributed by atoms with E-state index in [-0.39, 0.29) is 6.47 Å². The van der Waals surface area contributed by atoms with Gasteiger partial charge in [-0.1, -0.05) is 95.6 Å². The topological polar surface area (TPSA) is 0 Å². The summed E-state index contributed by atoms with van der Waals surface area (Å²) in [7, 11) is 0. The van der Waals surface area contributed by atoms with Gasteiger partial charge >= 0.3 is 0 Å². The van der Waals surface area contributed by atoms with Crippen LogP contribution in [0.3, 0.4) is 0 Å². The Hall–Kier alpha value is 2.88. The second kappa shape index (κ2) is 7.84. The molecular formula is C14H20Br6. The molecule has 0 aromatic rings. The summed E-state index contributed by atoms with van der Waals surface area (Å²) in [5.41, 5.74) is 0. The smallest absolute Gasteiger partial charge is 0.0805 e. The first-order valence-corrected chi connectivity index (χ1v) is 12.2. The molecule has 6 heteroatoms. The van der Waals surface area contributed by atoms with Gasteiger partial charge in [-0.25, -0.2) is 0 Å². The minimum absolute atomic E-state index is 0.196. The van der Waals surface area contributed by atoms with Gasteiger partial charge in [-0.3, -0.25) is 0 Å². The maximum atomic E-state index is 4.01. The van der Waals surface area contributed by atoms with E-state index < -0.39 is 0 Å². The molecule has 0 saturated heterocycles. The summed E-state index contributed by atoms with van der Waals surface area (Å²) in [5.74, 6) is 1.59. The lowest BCUT2D eigenvalue weighted by Crippen LogP contribution is -2.36. The fourth-order valence-electron chi connectivity index (χ4n) is 3.28. The van der Waals surface area contributed by atoms with Gasteiger partial charge in [0.15, 0.2) is 0 Å². The third-order valence-electron chi connectivity index (χ3n) is 4.73. The molecule has 0 heterocycles. The normalized spacial score (nSPS) is 30.9. The van der Waals surface area contributed by atoms with E-state index in [1.807, 2.05) is 0 Å². The molecule has 118 valence electrons. The number of hydrogen-bond acceptors (Lipinski definition) is 0. The van der Waals surface area contributed by atoms with Crippen molar-refractivity contribution in [1.82, 2.24) is 0 Å². The van der Waals surface area contributed by atoms with E-state index >= 15 is 0 Å². The first kappa shape index (κ1) is 19.2. The fourth-order valence-corrected chi connectivity index (χ4v) is 7.03. The molecule has 0 spiro atoms. The molecule has 2 rings (SSSR count). The third kappa shape index (κ3) is 5.46.